The first-order valence-electron chi connectivity index (χ1n) is 8.84. The van der Waals surface area contributed by atoms with Crippen LogP contribution in [-0.2, 0) is 27.9 Å². The van der Waals surface area contributed by atoms with Crippen LogP contribution >= 0.6 is 23.4 Å². The van der Waals surface area contributed by atoms with E-state index in [1.165, 1.54) is 0 Å². The van der Waals surface area contributed by atoms with Gasteiger partial charge in [0.25, 0.3) is 0 Å². The minimum atomic E-state index is -5.88. The first-order valence-corrected chi connectivity index (χ1v) is 11.8. The fraction of sp³-hybridized carbons (Fsp3) is 0.263. The van der Waals surface area contributed by atoms with Crippen molar-refractivity contribution in [3.05, 3.63) is 58.2 Å². The van der Waals surface area contributed by atoms with Crippen molar-refractivity contribution in [3.8, 4) is 5.88 Å². The Morgan fingerprint density at radius 3 is 2.58 bits per heavy atom. The van der Waals surface area contributed by atoms with E-state index < -0.39 is 27.6 Å². The summed E-state index contributed by atoms with van der Waals surface area (Å²) in [5, 5.41) is 2.33. The van der Waals surface area contributed by atoms with Gasteiger partial charge in [0.15, 0.2) is 5.16 Å². The second kappa shape index (κ2) is 8.12. The molecule has 4 rings (SSSR count). The van der Waals surface area contributed by atoms with E-state index in [0.29, 0.717) is 10.7 Å². The van der Waals surface area contributed by atoms with E-state index >= 15 is 0 Å². The number of alkyl halides is 3. The molecule has 2 heterocycles. The van der Waals surface area contributed by atoms with Gasteiger partial charge in [-0.3, -0.25) is 0 Å². The lowest BCUT2D eigenvalue weighted by Gasteiger charge is -2.27. The zero-order valence-corrected chi connectivity index (χ0v) is 18.2. The Bertz CT molecular complexity index is 1260. The number of rotatable bonds is 4. The van der Waals surface area contributed by atoms with Crippen molar-refractivity contribution in [2.75, 3.05) is 6.26 Å². The highest BCUT2D eigenvalue weighted by Crippen LogP contribution is 2.39. The van der Waals surface area contributed by atoms with Crippen LogP contribution in [0, 0.1) is 0 Å². The van der Waals surface area contributed by atoms with Crippen molar-refractivity contribution >= 4 is 44.3 Å². The van der Waals surface area contributed by atoms with Crippen molar-refractivity contribution in [1.29, 1.82) is 0 Å². The normalized spacial score (nSPS) is 16.9. The molecule has 1 atom stereocenters. The Labute approximate surface area is 184 Å². The minimum absolute atomic E-state index is 0.0632. The number of fused-ring (bicyclic) bond motifs is 2. The number of hydrogen-bond donors (Lipinski definition) is 0. The lowest BCUT2D eigenvalue weighted by molar-refractivity contribution is -0.0503. The van der Waals surface area contributed by atoms with Gasteiger partial charge in [0.2, 0.25) is 5.88 Å². The SMILES string of the molecule is CSc1nc2c(c(OS(=O)(=O)C(F)(F)F)n1)COC(c1cccc3cccc(Cl)c13)C2. The summed E-state index contributed by atoms with van der Waals surface area (Å²) >= 11 is 7.44. The molecule has 0 saturated carbocycles. The lowest BCUT2D eigenvalue weighted by Crippen LogP contribution is -2.29. The van der Waals surface area contributed by atoms with Crippen LogP contribution in [0.25, 0.3) is 10.8 Å². The molecule has 0 fully saturated rings. The molecule has 0 amide bonds. The molecular formula is C19H14ClF3N2O4S2. The van der Waals surface area contributed by atoms with Gasteiger partial charge in [-0.05, 0) is 23.3 Å². The monoisotopic (exact) mass is 490 g/mol. The average Bonchev–Trinajstić information content (AvgIpc) is 2.72. The number of halogens is 4. The molecule has 2 aromatic carbocycles. The van der Waals surface area contributed by atoms with Gasteiger partial charge < -0.3 is 8.92 Å². The highest BCUT2D eigenvalue weighted by Gasteiger charge is 2.49. The maximum Gasteiger partial charge on any atom is 0.534 e. The van der Waals surface area contributed by atoms with Gasteiger partial charge in [-0.15, -0.1) is 0 Å². The second-order valence-corrected chi connectivity index (χ2v) is 9.33. The lowest BCUT2D eigenvalue weighted by atomic mass is 9.95. The van der Waals surface area contributed by atoms with E-state index in [9.17, 15) is 21.6 Å². The van der Waals surface area contributed by atoms with E-state index in [0.717, 1.165) is 28.1 Å². The molecule has 0 bridgehead atoms. The number of benzene rings is 2. The Morgan fingerprint density at radius 1 is 1.19 bits per heavy atom. The molecule has 0 N–H and O–H groups in total. The van der Waals surface area contributed by atoms with Gasteiger partial charge in [-0.25, -0.2) is 4.98 Å². The van der Waals surface area contributed by atoms with Crippen LogP contribution in [0.4, 0.5) is 13.2 Å². The van der Waals surface area contributed by atoms with E-state index in [2.05, 4.69) is 14.2 Å². The number of ether oxygens (including phenoxy) is 1. The quantitative estimate of drug-likeness (QED) is 0.219. The van der Waals surface area contributed by atoms with Crippen LogP contribution in [-0.4, -0.2) is 30.1 Å². The summed E-state index contributed by atoms with van der Waals surface area (Å²) in [5.41, 5.74) is -4.37. The summed E-state index contributed by atoms with van der Waals surface area (Å²) in [6, 6.07) is 11.1. The van der Waals surface area contributed by atoms with Crippen LogP contribution in [0.2, 0.25) is 5.02 Å². The molecule has 0 saturated heterocycles. The smallest absolute Gasteiger partial charge is 0.368 e. The van der Waals surface area contributed by atoms with Crippen LogP contribution in [0.15, 0.2) is 41.6 Å². The Balaban J connectivity index is 1.76. The summed E-state index contributed by atoms with van der Waals surface area (Å²) in [7, 11) is -5.88. The molecule has 3 aromatic rings. The first kappa shape index (κ1) is 22.1. The highest BCUT2D eigenvalue weighted by molar-refractivity contribution is 7.98. The van der Waals surface area contributed by atoms with Crippen LogP contribution in [0.5, 0.6) is 5.88 Å². The van der Waals surface area contributed by atoms with Crippen molar-refractivity contribution < 1.29 is 30.5 Å². The number of aromatic nitrogens is 2. The van der Waals surface area contributed by atoms with Gasteiger partial charge in [-0.1, -0.05) is 53.7 Å². The summed E-state index contributed by atoms with van der Waals surface area (Å²) < 4.78 is 71.6. The van der Waals surface area contributed by atoms with E-state index in [4.69, 9.17) is 16.3 Å². The molecule has 0 aliphatic carbocycles. The minimum Gasteiger partial charge on any atom is -0.368 e. The molecule has 31 heavy (non-hydrogen) atoms. The molecule has 1 aliphatic heterocycles. The summed E-state index contributed by atoms with van der Waals surface area (Å²) in [6.07, 6.45) is 1.30. The number of thioether (sulfide) groups is 1. The molecule has 164 valence electrons. The van der Waals surface area contributed by atoms with Crippen molar-refractivity contribution in [2.45, 2.75) is 29.8 Å². The highest BCUT2D eigenvalue weighted by atomic mass is 35.5. The van der Waals surface area contributed by atoms with E-state index in [-0.39, 0.29) is 23.7 Å². The maximum atomic E-state index is 12.8. The van der Waals surface area contributed by atoms with Crippen molar-refractivity contribution in [2.24, 2.45) is 0 Å². The van der Waals surface area contributed by atoms with E-state index in [1.807, 2.05) is 30.3 Å². The third-order valence-electron chi connectivity index (χ3n) is 4.73. The maximum absolute atomic E-state index is 12.8. The zero-order chi connectivity index (χ0) is 22.4. The van der Waals surface area contributed by atoms with Gasteiger partial charge in [0.05, 0.1) is 24.0 Å². The predicted octanol–water partition coefficient (Wildman–Crippen LogP) is 5.05. The van der Waals surface area contributed by atoms with Crippen molar-refractivity contribution in [3.63, 3.8) is 0 Å². The third-order valence-corrected chi connectivity index (χ3v) is 6.54. The molecule has 1 unspecified atom stereocenters. The van der Waals surface area contributed by atoms with Gasteiger partial charge in [0, 0.05) is 16.8 Å². The fourth-order valence-corrected chi connectivity index (χ4v) is 4.43. The number of hydrogen-bond acceptors (Lipinski definition) is 7. The largest absolute Gasteiger partial charge is 0.534 e. The predicted molar refractivity (Wildman–Crippen MR) is 110 cm³/mol. The van der Waals surface area contributed by atoms with E-state index in [1.54, 1.807) is 12.3 Å². The molecule has 12 heteroatoms. The Morgan fingerprint density at radius 2 is 1.90 bits per heavy atom. The second-order valence-electron chi connectivity index (χ2n) is 6.61. The molecule has 0 radical (unpaired) electrons. The average molecular weight is 491 g/mol. The molecule has 0 spiro atoms. The van der Waals surface area contributed by atoms with Crippen LogP contribution in [0.3, 0.4) is 0 Å². The molecule has 1 aliphatic rings. The Hall–Kier alpha value is -2.08. The van der Waals surface area contributed by atoms with Gasteiger partial charge in [-0.2, -0.15) is 26.6 Å². The number of nitrogens with zero attached hydrogens (tertiary/aromatic N) is 2. The standard InChI is InChI=1S/C19H14ClF3N2O4S2/c1-30-18-24-14-8-15(11-6-2-4-10-5-3-7-13(20)16(10)11)28-9-12(14)17(25-18)29-31(26,27)19(21,22)23/h2-7,15H,8-9H2,1H3. The summed E-state index contributed by atoms with van der Waals surface area (Å²) in [4.78, 5) is 8.16. The molecular weight excluding hydrogens is 477 g/mol. The Kier molecular flexibility index (Phi) is 5.80. The van der Waals surface area contributed by atoms with Crippen molar-refractivity contribution in [1.82, 2.24) is 9.97 Å². The van der Waals surface area contributed by atoms with Gasteiger partial charge in [0.1, 0.15) is 0 Å². The third kappa shape index (κ3) is 4.19. The molecule has 6 nitrogen and oxygen atoms in total. The zero-order valence-electron chi connectivity index (χ0n) is 15.8. The summed E-state index contributed by atoms with van der Waals surface area (Å²) in [5.74, 6) is -0.680. The van der Waals surface area contributed by atoms with Crippen LogP contribution in [0.1, 0.15) is 22.9 Å². The molecule has 1 aromatic heterocycles. The van der Waals surface area contributed by atoms with Gasteiger partial charge >= 0.3 is 15.6 Å². The first-order chi connectivity index (χ1) is 14.6. The summed E-state index contributed by atoms with van der Waals surface area (Å²) in [6.45, 7) is -0.224. The van der Waals surface area contributed by atoms with Crippen LogP contribution < -0.4 is 4.18 Å². The fourth-order valence-electron chi connectivity index (χ4n) is 3.32. The topological polar surface area (TPSA) is 78.4 Å².